The van der Waals surface area contributed by atoms with Crippen LogP contribution in [0, 0.1) is 13.0 Å². The van der Waals surface area contributed by atoms with Gasteiger partial charge in [-0.05, 0) is 0 Å². The van der Waals surface area contributed by atoms with Crippen molar-refractivity contribution in [1.29, 1.82) is 0 Å². The summed E-state index contributed by atoms with van der Waals surface area (Å²) in [6.45, 7) is 1.97. The molecule has 0 N–H and O–H groups in total. The number of methoxy groups -OCH3 is 2. The molecule has 0 unspecified atom stereocenters. The van der Waals surface area contributed by atoms with Crippen molar-refractivity contribution >= 4 is 0 Å². The van der Waals surface area contributed by atoms with Gasteiger partial charge in [-0.2, -0.15) is 0 Å². The van der Waals surface area contributed by atoms with Gasteiger partial charge in [0.15, 0.2) is 0 Å². The Kier molecular flexibility index (Phi) is 10.6. The van der Waals surface area contributed by atoms with Crippen molar-refractivity contribution in [3.63, 3.8) is 0 Å². The van der Waals surface area contributed by atoms with Gasteiger partial charge in [0.1, 0.15) is 0 Å². The summed E-state index contributed by atoms with van der Waals surface area (Å²) in [4.78, 5) is 0. The van der Waals surface area contributed by atoms with E-state index in [1.165, 1.54) is 0 Å². The van der Waals surface area contributed by atoms with E-state index in [0.29, 0.717) is 0 Å². The molecule has 13 heavy (non-hydrogen) atoms. The Balaban J connectivity index is 0. The fourth-order valence-corrected chi connectivity index (χ4v) is 0.898. The first-order valence-electron chi connectivity index (χ1n) is 3.38. The van der Waals surface area contributed by atoms with Crippen LogP contribution < -0.4 is 9.47 Å². The second kappa shape index (κ2) is 8.35. The molecule has 0 saturated carbocycles. The predicted molar refractivity (Wildman–Crippen MR) is 43.1 cm³/mol. The van der Waals surface area contributed by atoms with Gasteiger partial charge in [0.25, 0.3) is 0 Å². The Morgan fingerprint density at radius 2 is 1.77 bits per heavy atom. The van der Waals surface area contributed by atoms with Crippen LogP contribution in [0.15, 0.2) is 12.1 Å². The van der Waals surface area contributed by atoms with E-state index in [4.69, 9.17) is 9.47 Å². The first kappa shape index (κ1) is 16.5. The molecule has 2 radical (unpaired) electrons. The minimum Gasteiger partial charge on any atom is -0.554 e. The van der Waals surface area contributed by atoms with Crippen LogP contribution in [0.5, 0.6) is 11.5 Å². The van der Waals surface area contributed by atoms with Crippen molar-refractivity contribution < 1.29 is 74.9 Å². The predicted octanol–water partition coefficient (Wildman–Crippen LogP) is 1.81. The van der Waals surface area contributed by atoms with Gasteiger partial charge >= 0.3 is 0 Å². The average Bonchev–Trinajstić information content (AvgIpc) is 2.04. The van der Waals surface area contributed by atoms with Crippen LogP contribution in [0.2, 0.25) is 0 Å². The Hall–Kier alpha value is 1.03. The summed E-state index contributed by atoms with van der Waals surface area (Å²) in [5, 5.41) is 0. The third kappa shape index (κ3) is 4.87. The van der Waals surface area contributed by atoms with Crippen molar-refractivity contribution in [2.45, 2.75) is 6.92 Å². The van der Waals surface area contributed by atoms with Gasteiger partial charge in [0.05, 0.1) is 14.2 Å². The minimum atomic E-state index is 0. The van der Waals surface area contributed by atoms with Gasteiger partial charge in [0, 0.05) is 76.9 Å². The maximum absolute atomic E-state index is 5.06. The summed E-state index contributed by atoms with van der Waals surface area (Å²) in [5.74, 6) is 1.58. The topological polar surface area (TPSA) is 18.5 Å². The normalized spacial score (nSPS) is 7.92. The SMILES string of the molecule is COc1[c-]cc(OC)c(C)c1.[Y].[Y]. The van der Waals surface area contributed by atoms with E-state index in [1.54, 1.807) is 20.3 Å². The molecule has 1 rings (SSSR count). The molecule has 0 heterocycles. The number of rotatable bonds is 2. The van der Waals surface area contributed by atoms with Crippen molar-refractivity contribution in [2.24, 2.45) is 0 Å². The minimum absolute atomic E-state index is 0. The molecule has 0 aliphatic rings. The standard InChI is InChI=1S/C9H11O2.2Y/c1-7-6-8(10-2)4-5-9(7)11-3;;/h5-6H,1-3H3;;/q-1;;. The molecular formula is C9H11O2Y2-. The number of hydrogen-bond donors (Lipinski definition) is 0. The van der Waals surface area contributed by atoms with E-state index in [-0.39, 0.29) is 65.4 Å². The van der Waals surface area contributed by atoms with E-state index < -0.39 is 0 Å². The molecule has 4 heteroatoms. The zero-order chi connectivity index (χ0) is 8.27. The Labute approximate surface area is 130 Å². The second-order valence-corrected chi connectivity index (χ2v) is 2.25. The van der Waals surface area contributed by atoms with Gasteiger partial charge in [-0.1, -0.05) is 6.92 Å². The number of aryl methyl sites for hydroxylation is 1. The van der Waals surface area contributed by atoms with E-state index >= 15 is 0 Å². The van der Waals surface area contributed by atoms with Crippen LogP contribution in [-0.2, 0) is 65.4 Å². The Bertz CT molecular complexity index is 251. The zero-order valence-corrected chi connectivity index (χ0v) is 13.8. The van der Waals surface area contributed by atoms with Crippen LogP contribution in [0.1, 0.15) is 5.56 Å². The van der Waals surface area contributed by atoms with Gasteiger partial charge in [-0.25, -0.2) is 0 Å². The summed E-state index contributed by atoms with van der Waals surface area (Å²) in [6.07, 6.45) is 0. The van der Waals surface area contributed by atoms with Crippen LogP contribution in [-0.4, -0.2) is 14.2 Å². The monoisotopic (exact) mass is 329 g/mol. The van der Waals surface area contributed by atoms with Crippen LogP contribution in [0.4, 0.5) is 0 Å². The second-order valence-electron chi connectivity index (χ2n) is 2.25. The van der Waals surface area contributed by atoms with Crippen molar-refractivity contribution in [3.8, 4) is 11.5 Å². The molecule has 0 fully saturated rings. The van der Waals surface area contributed by atoms with E-state index in [9.17, 15) is 0 Å². The average molecular weight is 329 g/mol. The number of ether oxygens (including phenoxy) is 2. The molecule has 0 amide bonds. The molecule has 0 saturated heterocycles. The summed E-state index contributed by atoms with van der Waals surface area (Å²) in [5.41, 5.74) is 1.06. The van der Waals surface area contributed by atoms with E-state index in [1.807, 2.05) is 13.0 Å². The van der Waals surface area contributed by atoms with E-state index in [0.717, 1.165) is 17.1 Å². The van der Waals surface area contributed by atoms with Gasteiger partial charge in [-0.3, -0.25) is 0 Å². The molecule has 0 aliphatic heterocycles. The fourth-order valence-electron chi connectivity index (χ4n) is 0.898. The van der Waals surface area contributed by atoms with Gasteiger partial charge < -0.3 is 9.47 Å². The largest absolute Gasteiger partial charge is 0.554 e. The summed E-state index contributed by atoms with van der Waals surface area (Å²) in [6, 6.07) is 6.59. The Morgan fingerprint density at radius 3 is 2.15 bits per heavy atom. The third-order valence-electron chi connectivity index (χ3n) is 1.52. The molecule has 1 aromatic rings. The molecular weight excluding hydrogens is 318 g/mol. The summed E-state index contributed by atoms with van der Waals surface area (Å²) in [7, 11) is 3.26. The number of hydrogen-bond acceptors (Lipinski definition) is 2. The van der Waals surface area contributed by atoms with Gasteiger partial charge in [0.2, 0.25) is 0 Å². The van der Waals surface area contributed by atoms with Crippen molar-refractivity contribution in [2.75, 3.05) is 14.2 Å². The van der Waals surface area contributed by atoms with Crippen molar-refractivity contribution in [1.82, 2.24) is 0 Å². The molecule has 0 spiro atoms. The maximum atomic E-state index is 5.06. The third-order valence-corrected chi connectivity index (χ3v) is 1.52. The zero-order valence-electron chi connectivity index (χ0n) is 8.13. The summed E-state index contributed by atoms with van der Waals surface area (Å²) < 4.78 is 10.0. The molecule has 0 bridgehead atoms. The molecule has 0 atom stereocenters. The van der Waals surface area contributed by atoms with Crippen molar-refractivity contribution in [3.05, 3.63) is 23.8 Å². The maximum Gasteiger partial charge on any atom is 0.0743 e. The molecule has 0 aliphatic carbocycles. The van der Waals surface area contributed by atoms with E-state index in [2.05, 4.69) is 6.07 Å². The van der Waals surface area contributed by atoms with Gasteiger partial charge in [-0.15, -0.1) is 23.8 Å². The Morgan fingerprint density at radius 1 is 1.15 bits per heavy atom. The van der Waals surface area contributed by atoms with Crippen LogP contribution in [0.25, 0.3) is 0 Å². The molecule has 1 aromatic carbocycles. The smallest absolute Gasteiger partial charge is 0.0743 e. The number of benzene rings is 1. The molecule has 0 aromatic heterocycles. The molecule has 66 valence electrons. The quantitative estimate of drug-likeness (QED) is 0.771. The first-order valence-corrected chi connectivity index (χ1v) is 3.38. The van der Waals surface area contributed by atoms with Crippen LogP contribution >= 0.6 is 0 Å². The summed E-state index contributed by atoms with van der Waals surface area (Å²) >= 11 is 0. The van der Waals surface area contributed by atoms with Crippen LogP contribution in [0.3, 0.4) is 0 Å². The first-order chi connectivity index (χ1) is 5.27. The molecule has 2 nitrogen and oxygen atoms in total. The fraction of sp³-hybridized carbons (Fsp3) is 0.333.